The van der Waals surface area contributed by atoms with Gasteiger partial charge in [0.25, 0.3) is 0 Å². The van der Waals surface area contributed by atoms with E-state index in [1.165, 1.54) is 0 Å². The van der Waals surface area contributed by atoms with Gasteiger partial charge in [0.1, 0.15) is 0 Å². The third kappa shape index (κ3) is 133. The van der Waals surface area contributed by atoms with Crippen LogP contribution in [0.1, 0.15) is 0 Å². The van der Waals surface area contributed by atoms with Crippen molar-refractivity contribution in [3.8, 4) is 0 Å². The molecule has 0 bridgehead atoms. The Balaban J connectivity index is -0.0000000480. The Kier molecular flexibility index (Phi) is 35.2. The fraction of sp³-hybridized carbons (Fsp3) is 0. The van der Waals surface area contributed by atoms with Gasteiger partial charge >= 0.3 is 65.3 Å². The molecule has 0 amide bonds. The molecule has 0 aliphatic carbocycles. The zero-order valence-corrected chi connectivity index (χ0v) is 8.97. The molecule has 0 aromatic carbocycles. The molecular formula is CBiCaO4+. The molecule has 0 heterocycles. The van der Waals surface area contributed by atoms with Crippen LogP contribution in [0.2, 0.25) is 0 Å². The molecule has 0 rings (SSSR count). The number of hydrogen-bond acceptors (Lipinski definition) is 4. The van der Waals surface area contributed by atoms with E-state index in [0.717, 1.165) is 0 Å². The van der Waals surface area contributed by atoms with Gasteiger partial charge in [0.2, 0.25) is 0 Å². The maximum atomic E-state index is 8.36. The SMILES string of the molecule is O=C([O-])[O-].[Ca+2].[O]=[Bi+]. The van der Waals surface area contributed by atoms with Crippen LogP contribution in [-0.2, 0) is 2.81 Å². The quantitative estimate of drug-likeness (QED) is 0.437. The average molecular weight is 325 g/mol. The van der Waals surface area contributed by atoms with Crippen LogP contribution in [0.4, 0.5) is 4.79 Å². The summed E-state index contributed by atoms with van der Waals surface area (Å²) in [5.74, 6) is 0. The first-order valence-electron chi connectivity index (χ1n) is 0.795. The fourth-order valence-corrected chi connectivity index (χ4v) is 0. The number of carbonyl (C=O) groups is 1. The van der Waals surface area contributed by atoms with Crippen LogP contribution in [0, 0.1) is 0 Å². The van der Waals surface area contributed by atoms with E-state index in [2.05, 4.69) is 0 Å². The van der Waals surface area contributed by atoms with Crippen molar-refractivity contribution in [2.24, 2.45) is 0 Å². The summed E-state index contributed by atoms with van der Waals surface area (Å²) in [6.07, 6.45) is -2.33. The van der Waals surface area contributed by atoms with Gasteiger partial charge in [-0.1, -0.05) is 0 Å². The Bertz CT molecular complexity index is 43.0. The van der Waals surface area contributed by atoms with Crippen molar-refractivity contribution in [2.75, 3.05) is 0 Å². The van der Waals surface area contributed by atoms with E-state index in [0.29, 0.717) is 0 Å². The Hall–Kier alpha value is 1.21. The predicted molar refractivity (Wildman–Crippen MR) is 17.6 cm³/mol. The maximum absolute atomic E-state index is 8.36. The fourth-order valence-electron chi connectivity index (χ4n) is 0. The minimum absolute atomic E-state index is 0. The van der Waals surface area contributed by atoms with Crippen molar-refractivity contribution < 1.29 is 17.8 Å². The molecule has 0 spiro atoms. The predicted octanol–water partition coefficient (Wildman–Crippen LogP) is -3.33. The standard InChI is InChI=1S/CH2O3.Bi.Ca.O/c2-1(3)4;;;/h(H2,2,3,4);;;/q;+1;+2;/p-2. The van der Waals surface area contributed by atoms with E-state index < -0.39 is 6.16 Å². The van der Waals surface area contributed by atoms with Gasteiger partial charge in [-0.05, 0) is 6.16 Å². The van der Waals surface area contributed by atoms with Gasteiger partial charge in [-0.3, -0.25) is 0 Å². The van der Waals surface area contributed by atoms with E-state index in [4.69, 9.17) is 17.8 Å². The van der Waals surface area contributed by atoms with Crippen molar-refractivity contribution in [3.05, 3.63) is 0 Å². The van der Waals surface area contributed by atoms with Gasteiger partial charge in [0.15, 0.2) is 0 Å². The van der Waals surface area contributed by atoms with Crippen molar-refractivity contribution in [1.29, 1.82) is 0 Å². The van der Waals surface area contributed by atoms with Crippen LogP contribution in [0.3, 0.4) is 0 Å². The van der Waals surface area contributed by atoms with Crippen molar-refractivity contribution in [1.82, 2.24) is 0 Å². The van der Waals surface area contributed by atoms with E-state index in [-0.39, 0.29) is 62.5 Å². The second-order valence-corrected chi connectivity index (χ2v) is 0.250. The van der Waals surface area contributed by atoms with E-state index in [1.807, 2.05) is 0 Å². The zero-order chi connectivity index (χ0) is 5.58. The molecule has 0 aromatic rings. The Labute approximate surface area is 85.2 Å². The molecule has 0 N–H and O–H groups in total. The van der Waals surface area contributed by atoms with Crippen LogP contribution in [-0.4, -0.2) is 68.6 Å². The normalized spacial score (nSPS) is 4.00. The molecule has 0 aliphatic rings. The molecular weight excluding hydrogens is 325 g/mol. The second kappa shape index (κ2) is 15.7. The first-order chi connectivity index (χ1) is 2.73. The summed E-state index contributed by atoms with van der Waals surface area (Å²) in [4.78, 5) is 8.33. The molecule has 7 heavy (non-hydrogen) atoms. The van der Waals surface area contributed by atoms with Crippen LogP contribution in [0.15, 0.2) is 0 Å². The first kappa shape index (κ1) is 15.7. The molecule has 6 heteroatoms. The molecule has 0 fully saturated rings. The Morgan fingerprint density at radius 1 is 1.29 bits per heavy atom. The Morgan fingerprint density at radius 3 is 1.29 bits per heavy atom. The van der Waals surface area contributed by atoms with E-state index in [9.17, 15) is 0 Å². The first-order valence-corrected chi connectivity index (χ1v) is 2.21. The summed E-state index contributed by atoms with van der Waals surface area (Å²) in [7, 11) is 0. The van der Waals surface area contributed by atoms with Gasteiger partial charge < -0.3 is 15.0 Å². The molecule has 2 radical (unpaired) electrons. The summed E-state index contributed by atoms with van der Waals surface area (Å²) in [5, 5.41) is 16.7. The van der Waals surface area contributed by atoms with Crippen LogP contribution in [0.5, 0.6) is 0 Å². The summed E-state index contributed by atoms with van der Waals surface area (Å²) in [6, 6.07) is 0. The summed E-state index contributed by atoms with van der Waals surface area (Å²) < 4.78 is 8.36. The van der Waals surface area contributed by atoms with Gasteiger partial charge in [-0.25, -0.2) is 0 Å². The average Bonchev–Trinajstić information content (AvgIpc) is 1.41. The minimum atomic E-state index is -2.33. The van der Waals surface area contributed by atoms with Crippen molar-refractivity contribution in [2.45, 2.75) is 0 Å². The molecule has 0 aromatic heterocycles. The van der Waals surface area contributed by atoms with E-state index >= 15 is 0 Å². The zero-order valence-electron chi connectivity index (χ0n) is 3.29. The number of rotatable bonds is 0. The van der Waals surface area contributed by atoms with Crippen LogP contribution >= 0.6 is 0 Å². The number of hydrogen-bond donors (Lipinski definition) is 0. The summed E-state index contributed by atoms with van der Waals surface area (Å²) in [6.45, 7) is 0. The number of carboxylic acid groups (broad SMARTS) is 2. The van der Waals surface area contributed by atoms with Gasteiger partial charge in [0, 0.05) is 0 Å². The Morgan fingerprint density at radius 2 is 1.29 bits per heavy atom. The molecule has 34 valence electrons. The van der Waals surface area contributed by atoms with E-state index in [1.54, 1.807) is 0 Å². The monoisotopic (exact) mass is 325 g/mol. The third-order valence-corrected chi connectivity index (χ3v) is 0. The molecule has 0 aliphatic heterocycles. The molecule has 0 atom stereocenters. The van der Waals surface area contributed by atoms with Crippen LogP contribution < -0.4 is 10.2 Å². The van der Waals surface area contributed by atoms with Gasteiger partial charge in [0.05, 0.1) is 0 Å². The van der Waals surface area contributed by atoms with Gasteiger partial charge in [-0.2, -0.15) is 0 Å². The summed E-state index contributed by atoms with van der Waals surface area (Å²) >= 11 is 0.194. The van der Waals surface area contributed by atoms with Crippen molar-refractivity contribution >= 4 is 68.6 Å². The van der Waals surface area contributed by atoms with Crippen LogP contribution in [0.25, 0.3) is 0 Å². The third-order valence-electron chi connectivity index (χ3n) is 0. The van der Waals surface area contributed by atoms with Crippen molar-refractivity contribution in [3.63, 3.8) is 0 Å². The molecule has 0 saturated carbocycles. The van der Waals surface area contributed by atoms with Gasteiger partial charge in [-0.15, -0.1) is 0 Å². The molecule has 0 saturated heterocycles. The summed E-state index contributed by atoms with van der Waals surface area (Å²) in [5.41, 5.74) is 0. The topological polar surface area (TPSA) is 80.3 Å². The molecule has 4 nitrogen and oxygen atoms in total. The number of carbonyl (C=O) groups excluding carboxylic acids is 1. The molecule has 0 unspecified atom stereocenters. The second-order valence-electron chi connectivity index (χ2n) is 0.250.